The zero-order valence-electron chi connectivity index (χ0n) is 63.7. The highest BCUT2D eigenvalue weighted by Gasteiger charge is 2.27. The zero-order chi connectivity index (χ0) is 84.6. The molecule has 0 bridgehead atoms. The van der Waals surface area contributed by atoms with Crippen molar-refractivity contribution in [2.24, 2.45) is 92.3 Å². The number of hydrogen-bond donors (Lipinski definition) is 25. The lowest BCUT2D eigenvalue weighted by atomic mass is 10.0. The summed E-state index contributed by atoms with van der Waals surface area (Å²) < 4.78 is -0.397. The van der Waals surface area contributed by atoms with Gasteiger partial charge in [-0.1, -0.05) is 65.5 Å². The first kappa shape index (κ1) is 124. The molecule has 1 fully saturated rings. The van der Waals surface area contributed by atoms with Crippen molar-refractivity contribution in [2.75, 3.05) is 29.6 Å². The average molecular weight is 1680 g/mol. The number of carbonyl (C=O) groups is 12. The van der Waals surface area contributed by atoms with Gasteiger partial charge in [-0.2, -0.15) is 126 Å². The van der Waals surface area contributed by atoms with E-state index in [2.05, 4.69) is 126 Å². The van der Waals surface area contributed by atoms with E-state index in [9.17, 15) is 57.5 Å². The van der Waals surface area contributed by atoms with E-state index in [0.29, 0.717) is 59.5 Å². The molecule has 1 aromatic rings. The Balaban J connectivity index is -0.000000119. The van der Waals surface area contributed by atoms with Gasteiger partial charge in [0.25, 0.3) is 0 Å². The second kappa shape index (κ2) is 72.1. The van der Waals surface area contributed by atoms with Crippen molar-refractivity contribution in [3.05, 3.63) is 35.9 Å². The maximum absolute atomic E-state index is 11.0. The van der Waals surface area contributed by atoms with Crippen LogP contribution in [0, 0.1) is 17.8 Å². The molecule has 0 saturated heterocycles. The van der Waals surface area contributed by atoms with Crippen molar-refractivity contribution in [3.63, 3.8) is 0 Å². The molecule has 37 heteroatoms. The van der Waals surface area contributed by atoms with Gasteiger partial charge in [0, 0.05) is 48.4 Å². The van der Waals surface area contributed by atoms with Crippen molar-refractivity contribution in [1.29, 1.82) is 0 Å². The van der Waals surface area contributed by atoms with Crippen LogP contribution in [0.4, 0.5) is 0 Å². The minimum Gasteiger partial charge on any atom is -0.480 e. The number of Topliss-reactive ketones (excluding diaryl/α,β-unsaturated/α-hetero) is 10. The van der Waals surface area contributed by atoms with Gasteiger partial charge in [0.05, 0.1) is 66.5 Å². The molecule has 27 nitrogen and oxygen atoms in total. The molecule has 1 amide bonds. The topological polar surface area (TPSA) is 584 Å². The highest BCUT2D eigenvalue weighted by Crippen LogP contribution is 2.29. The number of amides is 1. The molecule has 0 aromatic heterocycles. The Hall–Kier alpha value is -2.16. The highest BCUT2D eigenvalue weighted by molar-refractivity contribution is 7.82. The first-order chi connectivity index (χ1) is 47.3. The molecule has 0 heterocycles. The van der Waals surface area contributed by atoms with Crippen LogP contribution in [-0.2, 0) is 57.5 Å². The highest BCUT2D eigenvalue weighted by atomic mass is 32.1. The van der Waals surface area contributed by atoms with Gasteiger partial charge < -0.3 is 84.8 Å². The number of carboxylic acids is 1. The Morgan fingerprint density at radius 3 is 1.10 bits per heavy atom. The van der Waals surface area contributed by atoms with Gasteiger partial charge in [-0.15, -0.1) is 0 Å². The summed E-state index contributed by atoms with van der Waals surface area (Å²) in [6.07, 6.45) is 4.34. The second-order valence-electron chi connectivity index (χ2n) is 25.4. The largest absolute Gasteiger partial charge is 0.480 e. The average Bonchev–Trinajstić information content (AvgIpc) is 0.944. The third kappa shape index (κ3) is 74.4. The van der Waals surface area contributed by atoms with Crippen LogP contribution >= 0.6 is 126 Å². The SMILES string of the molecule is C.CC(=O)C(N)C(C)(C)S.CC(=O)C(N)C(C)CS.CC(=O)C(N)C(C)S.CC(=O)C(N)C(O)CS.CC(=O)C(N)C(S)C(C)C.CC(=O)C(N)C(S)c1ccccc1.CC(=O)C(N)CC(S)CCN.CC(=O)C(N)CCS.CC(=O)C(N)CS.CC(=O)C1CCC(S)C1.NC(=O)C(N)CC(N)C(=O)O. The van der Waals surface area contributed by atoms with Gasteiger partial charge in [0.15, 0.2) is 0 Å². The molecule has 1 aliphatic rings. The lowest BCUT2D eigenvalue weighted by Crippen LogP contribution is -2.44. The number of carboxylic acid groups (broad SMARTS) is 1. The predicted octanol–water partition coefficient (Wildman–Crippen LogP) is 2.83. The van der Waals surface area contributed by atoms with E-state index < -0.39 is 65.0 Å². The molecule has 620 valence electrons. The van der Waals surface area contributed by atoms with Crippen molar-refractivity contribution in [3.8, 4) is 0 Å². The molecule has 105 heavy (non-hydrogen) atoms. The van der Waals surface area contributed by atoms with Crippen LogP contribution in [-0.4, -0.2) is 208 Å². The fourth-order valence-electron chi connectivity index (χ4n) is 6.53. The molecule has 1 aromatic carbocycles. The Morgan fingerprint density at radius 2 is 0.924 bits per heavy atom. The molecule has 1 aliphatic carbocycles. The normalized spacial score (nSPS) is 17.2. The lowest BCUT2D eigenvalue weighted by molar-refractivity contribution is -0.139. The number of benzene rings is 1. The fraction of sp³-hybridized carbons (Fsp3) is 0.735. The lowest BCUT2D eigenvalue weighted by Gasteiger charge is -2.22. The summed E-state index contributed by atoms with van der Waals surface area (Å²) in [6, 6.07) is 3.51. The van der Waals surface area contributed by atoms with Gasteiger partial charge in [-0.05, 0) is 163 Å². The third-order valence-corrected chi connectivity index (χ3v) is 19.2. The summed E-state index contributed by atoms with van der Waals surface area (Å²) in [5, 5.41) is 17.5. The molecular weight excluding hydrogens is 1540 g/mol. The molecule has 1 saturated carbocycles. The van der Waals surface area contributed by atoms with Crippen LogP contribution in [0.3, 0.4) is 0 Å². The minimum atomic E-state index is -1.19. The van der Waals surface area contributed by atoms with Crippen molar-refractivity contribution >= 4 is 196 Å². The van der Waals surface area contributed by atoms with E-state index in [1.165, 1.54) is 62.3 Å². The smallest absolute Gasteiger partial charge is 0.320 e. The molecule has 0 spiro atoms. The van der Waals surface area contributed by atoms with Crippen molar-refractivity contribution in [1.82, 2.24) is 0 Å². The number of ketones is 10. The van der Waals surface area contributed by atoms with Crippen molar-refractivity contribution in [2.45, 2.75) is 267 Å². The number of primary amides is 1. The Bertz CT molecular complexity index is 2500. The molecular formula is C68H139N13O14S10. The molecule has 19 atom stereocenters. The van der Waals surface area contributed by atoms with Gasteiger partial charge in [-0.3, -0.25) is 57.5 Å². The molecule has 2 rings (SSSR count). The fourth-order valence-corrected chi connectivity index (χ4v) is 9.28. The van der Waals surface area contributed by atoms with Crippen molar-refractivity contribution < 1.29 is 67.7 Å². The number of rotatable bonds is 31. The first-order valence-electron chi connectivity index (χ1n) is 33.1. The number of thiol groups is 10. The van der Waals surface area contributed by atoms with E-state index in [1.54, 1.807) is 13.8 Å². The van der Waals surface area contributed by atoms with Crippen LogP contribution in [0.2, 0.25) is 0 Å². The number of aliphatic carboxylic acids is 1. The van der Waals surface area contributed by atoms with E-state index in [4.69, 9.17) is 84.8 Å². The third-order valence-electron chi connectivity index (χ3n) is 14.5. The Labute approximate surface area is 683 Å². The maximum Gasteiger partial charge on any atom is 0.320 e. The van der Waals surface area contributed by atoms with Crippen LogP contribution in [0.25, 0.3) is 0 Å². The van der Waals surface area contributed by atoms with Crippen LogP contribution in [0.1, 0.15) is 174 Å². The van der Waals surface area contributed by atoms with Gasteiger partial charge in [-0.25, -0.2) is 0 Å². The first-order valence-corrected chi connectivity index (χ1v) is 38.7. The number of aliphatic hydroxyl groups excluding tert-OH is 1. The molecule has 28 N–H and O–H groups in total. The van der Waals surface area contributed by atoms with Gasteiger partial charge in [0.1, 0.15) is 63.9 Å². The molecule has 0 radical (unpaired) electrons. The number of aliphatic hydroxyl groups is 1. The van der Waals surface area contributed by atoms with E-state index in [1.807, 2.05) is 65.0 Å². The summed E-state index contributed by atoms with van der Waals surface area (Å²) in [5.41, 5.74) is 70.0. The zero-order valence-corrected chi connectivity index (χ0v) is 72.6. The van der Waals surface area contributed by atoms with Crippen LogP contribution in [0.5, 0.6) is 0 Å². The van der Waals surface area contributed by atoms with Crippen LogP contribution < -0.4 is 74.5 Å². The van der Waals surface area contributed by atoms with E-state index >= 15 is 0 Å². The minimum absolute atomic E-state index is 0. The molecule has 19 unspecified atom stereocenters. The summed E-state index contributed by atoms with van der Waals surface area (Å²) in [7, 11) is 0. The van der Waals surface area contributed by atoms with E-state index in [0.717, 1.165) is 31.2 Å². The summed E-state index contributed by atoms with van der Waals surface area (Å²) >= 11 is 40.7. The number of nitrogens with two attached hydrogens (primary N) is 13. The summed E-state index contributed by atoms with van der Waals surface area (Å²) in [5.74, 6) is 1.09. The standard InChI is InChI=1S/C10H13NOS.C7H16N2OS.C7H15NOS.C7H12OS.2C6H13NOS.C5H11N3O3.C5H11NO2S.2C5H11NOS.C4H9NOS.CH4/c1-7(12)9(11)10(13)8-5-3-2-4-6-8;1-5(10)7(9)4-6(11)2-3-8;1-4(2)7(10)6(8)5(3)9;1-5(8)6-2-3-7(9)4-6;1-4(8)5(7)6(2,3)9;1-4(3-9)6(7)5(2)8;6-2(4(8)9)1-3(7)5(10)11;1-3(7)5(6)4(8)2-9;1-4(7)5(6)2-3-8;1-3(7)5(6)4(2)8;1-3(6)4(5)2-7;/h2-6,9-10,13H,11H2,1H3;6-7,11H,2-4,8-9H2,1H3;4,6-7,10H,8H2,1-3H3;6-7,9H,2-4H2,1H3;5,9H,7H2,1-3H3;4,6,9H,3,7H2,1-2H3;2-3H,1,6-7H2,(H2,8,9)(H,10,11);4-5,8-9H,2,6H2,1H3;5,8H,2-3,6H2,1H3;4-5,8H,6H2,1-2H3;4,7H,2,5H2,1H3;1H4. The summed E-state index contributed by atoms with van der Waals surface area (Å²) in [6.45, 7) is 26.9. The monoisotopic (exact) mass is 1680 g/mol. The van der Waals surface area contributed by atoms with Gasteiger partial charge >= 0.3 is 5.97 Å². The number of hydrogen-bond acceptors (Lipinski definition) is 35. The maximum atomic E-state index is 11.0. The van der Waals surface area contributed by atoms with Gasteiger partial charge in [0.2, 0.25) is 5.91 Å². The predicted molar refractivity (Wildman–Crippen MR) is 466 cm³/mol. The Morgan fingerprint density at radius 1 is 0.514 bits per heavy atom. The van der Waals surface area contributed by atoms with Crippen LogP contribution in [0.15, 0.2) is 30.3 Å². The molecule has 0 aliphatic heterocycles. The number of carbonyl (C=O) groups excluding carboxylic acids is 11. The summed E-state index contributed by atoms with van der Waals surface area (Å²) in [4.78, 5) is 126. The van der Waals surface area contributed by atoms with E-state index in [-0.39, 0.29) is 123 Å². The quantitative estimate of drug-likeness (QED) is 0.0475. The second-order valence-corrected chi connectivity index (χ2v) is 31.6. The Kier molecular flexibility index (Phi) is 85.0.